The van der Waals surface area contributed by atoms with Crippen molar-refractivity contribution in [3.05, 3.63) is 29.8 Å². The minimum atomic E-state index is -0.417. The summed E-state index contributed by atoms with van der Waals surface area (Å²) >= 11 is 0. The summed E-state index contributed by atoms with van der Waals surface area (Å²) in [6.45, 7) is 10.8. The summed E-state index contributed by atoms with van der Waals surface area (Å²) in [7, 11) is 1.73. The van der Waals surface area contributed by atoms with Crippen LogP contribution in [0.3, 0.4) is 0 Å². The molecule has 26 heavy (non-hydrogen) atoms. The minimum Gasteiger partial charge on any atom is -0.496 e. The lowest BCUT2D eigenvalue weighted by molar-refractivity contribution is -0.133. The van der Waals surface area contributed by atoms with Gasteiger partial charge in [0.15, 0.2) is 0 Å². The van der Waals surface area contributed by atoms with E-state index in [0.29, 0.717) is 11.8 Å². The Kier molecular flexibility index (Phi) is 7.91. The molecule has 1 aromatic rings. The fourth-order valence-corrected chi connectivity index (χ4v) is 3.70. The molecule has 1 heterocycles. The Balaban J connectivity index is 1.87. The number of para-hydroxylation sites is 1. The van der Waals surface area contributed by atoms with Crippen molar-refractivity contribution in [1.82, 2.24) is 9.80 Å². The van der Waals surface area contributed by atoms with Gasteiger partial charge in [0.05, 0.1) is 13.2 Å². The van der Waals surface area contributed by atoms with Crippen molar-refractivity contribution in [2.75, 3.05) is 33.3 Å². The van der Waals surface area contributed by atoms with Gasteiger partial charge in [-0.05, 0) is 50.8 Å². The van der Waals surface area contributed by atoms with Crippen LogP contribution >= 0.6 is 0 Å². The third-order valence-corrected chi connectivity index (χ3v) is 5.06. The van der Waals surface area contributed by atoms with Gasteiger partial charge >= 0.3 is 0 Å². The van der Waals surface area contributed by atoms with E-state index >= 15 is 0 Å². The average molecular weight is 362 g/mol. The first-order chi connectivity index (χ1) is 12.4. The van der Waals surface area contributed by atoms with Crippen LogP contribution in [0.4, 0.5) is 0 Å². The minimum absolute atomic E-state index is 0.0788. The van der Waals surface area contributed by atoms with E-state index in [-0.39, 0.29) is 5.91 Å². The molecule has 5 heteroatoms. The Morgan fingerprint density at radius 3 is 2.50 bits per heavy atom. The first kappa shape index (κ1) is 20.7. The lowest BCUT2D eigenvalue weighted by atomic mass is 9.95. The number of carbonyl (C=O) groups excluding carboxylic acids is 1. The zero-order chi connectivity index (χ0) is 19.1. The predicted molar refractivity (Wildman–Crippen MR) is 106 cm³/mol. The van der Waals surface area contributed by atoms with Gasteiger partial charge in [0.25, 0.3) is 0 Å². The van der Waals surface area contributed by atoms with Crippen molar-refractivity contribution in [3.8, 4) is 5.75 Å². The molecule has 1 aliphatic heterocycles. The average Bonchev–Trinajstić information content (AvgIpc) is 2.62. The second-order valence-electron chi connectivity index (χ2n) is 7.96. The highest BCUT2D eigenvalue weighted by molar-refractivity contribution is 5.81. The summed E-state index contributed by atoms with van der Waals surface area (Å²) in [5.74, 6) is 2.06. The van der Waals surface area contributed by atoms with Gasteiger partial charge in [-0.15, -0.1) is 0 Å². The lowest BCUT2D eigenvalue weighted by Gasteiger charge is -2.36. The molecule has 2 rings (SSSR count). The Bertz CT molecular complexity index is 566. The number of nitrogens with zero attached hydrogens (tertiary/aromatic N) is 2. The van der Waals surface area contributed by atoms with Crippen molar-refractivity contribution in [3.63, 3.8) is 0 Å². The summed E-state index contributed by atoms with van der Waals surface area (Å²) in [5, 5.41) is 0. The molecule has 0 unspecified atom stereocenters. The van der Waals surface area contributed by atoms with Gasteiger partial charge in [-0.25, -0.2) is 0 Å². The number of rotatable bonds is 8. The van der Waals surface area contributed by atoms with Crippen LogP contribution in [0.5, 0.6) is 5.75 Å². The first-order valence-corrected chi connectivity index (χ1v) is 9.79. The molecule has 146 valence electrons. The van der Waals surface area contributed by atoms with Crippen LogP contribution < -0.4 is 10.5 Å². The number of methoxy groups -OCH3 is 1. The van der Waals surface area contributed by atoms with Gasteiger partial charge in [-0.3, -0.25) is 9.69 Å². The Morgan fingerprint density at radius 2 is 1.92 bits per heavy atom. The molecule has 0 saturated carbocycles. The van der Waals surface area contributed by atoms with Gasteiger partial charge < -0.3 is 15.4 Å². The van der Waals surface area contributed by atoms with Crippen molar-refractivity contribution in [1.29, 1.82) is 0 Å². The van der Waals surface area contributed by atoms with Crippen molar-refractivity contribution in [2.24, 2.45) is 17.6 Å². The normalized spacial score (nSPS) is 17.3. The molecule has 1 aliphatic rings. The van der Waals surface area contributed by atoms with Crippen LogP contribution in [0.1, 0.15) is 39.2 Å². The first-order valence-electron chi connectivity index (χ1n) is 9.79. The van der Waals surface area contributed by atoms with E-state index in [0.717, 1.165) is 51.3 Å². The summed E-state index contributed by atoms with van der Waals surface area (Å²) in [6, 6.07) is 7.81. The standard InChI is InChI=1S/C21H35N3O2/c1-16(2)13-24(21(25)17(3)22)14-18-9-11-23(12-10-18)15-19-7-5-6-8-20(19)26-4/h5-8,16-18H,9-15,22H2,1-4H3/t17-/m1/s1. The number of likely N-dealkylation sites (tertiary alicyclic amines) is 1. The molecule has 0 bridgehead atoms. The van der Waals surface area contributed by atoms with Crippen LogP contribution in [0.2, 0.25) is 0 Å². The molecular formula is C21H35N3O2. The number of ether oxygens (including phenoxy) is 1. The number of nitrogens with two attached hydrogens (primary N) is 1. The number of amides is 1. The fourth-order valence-electron chi connectivity index (χ4n) is 3.70. The zero-order valence-electron chi connectivity index (χ0n) is 16.8. The van der Waals surface area contributed by atoms with Crippen LogP contribution in [-0.4, -0.2) is 55.0 Å². The number of piperidine rings is 1. The number of benzene rings is 1. The van der Waals surface area contributed by atoms with Gasteiger partial charge in [-0.2, -0.15) is 0 Å². The van der Waals surface area contributed by atoms with E-state index in [2.05, 4.69) is 30.9 Å². The van der Waals surface area contributed by atoms with Crippen molar-refractivity contribution >= 4 is 5.91 Å². The second kappa shape index (κ2) is 9.93. The number of carbonyl (C=O) groups is 1. The molecule has 1 saturated heterocycles. The lowest BCUT2D eigenvalue weighted by Crippen LogP contribution is -2.47. The third kappa shape index (κ3) is 5.99. The van der Waals surface area contributed by atoms with E-state index in [9.17, 15) is 4.79 Å². The van der Waals surface area contributed by atoms with E-state index in [4.69, 9.17) is 10.5 Å². The number of hydrogen-bond acceptors (Lipinski definition) is 4. The zero-order valence-corrected chi connectivity index (χ0v) is 16.8. The maximum Gasteiger partial charge on any atom is 0.239 e. The summed E-state index contributed by atoms with van der Waals surface area (Å²) < 4.78 is 5.46. The fraction of sp³-hybridized carbons (Fsp3) is 0.667. The number of hydrogen-bond donors (Lipinski definition) is 1. The Labute approximate surface area is 158 Å². The highest BCUT2D eigenvalue weighted by Gasteiger charge is 2.25. The molecule has 0 spiro atoms. The van der Waals surface area contributed by atoms with Crippen LogP contribution in [0.15, 0.2) is 24.3 Å². The highest BCUT2D eigenvalue weighted by Crippen LogP contribution is 2.24. The molecule has 1 aromatic carbocycles. The smallest absolute Gasteiger partial charge is 0.239 e. The molecule has 0 aromatic heterocycles. The maximum absolute atomic E-state index is 12.4. The van der Waals surface area contributed by atoms with Crippen LogP contribution in [-0.2, 0) is 11.3 Å². The predicted octanol–water partition coefficient (Wildman–Crippen LogP) is 2.74. The van der Waals surface area contributed by atoms with Crippen LogP contribution in [0, 0.1) is 11.8 Å². The van der Waals surface area contributed by atoms with E-state index in [1.807, 2.05) is 17.0 Å². The monoisotopic (exact) mass is 361 g/mol. The maximum atomic E-state index is 12.4. The Hall–Kier alpha value is -1.59. The molecular weight excluding hydrogens is 326 g/mol. The molecule has 2 N–H and O–H groups in total. The third-order valence-electron chi connectivity index (χ3n) is 5.06. The van der Waals surface area contributed by atoms with E-state index in [1.165, 1.54) is 5.56 Å². The molecule has 5 nitrogen and oxygen atoms in total. The van der Waals surface area contributed by atoms with Gasteiger partial charge in [0.1, 0.15) is 5.75 Å². The molecule has 0 radical (unpaired) electrons. The molecule has 1 atom stereocenters. The largest absolute Gasteiger partial charge is 0.496 e. The van der Waals surface area contributed by atoms with E-state index in [1.54, 1.807) is 14.0 Å². The summed E-state index contributed by atoms with van der Waals surface area (Å²) in [6.07, 6.45) is 2.24. The van der Waals surface area contributed by atoms with Gasteiger partial charge in [0, 0.05) is 25.2 Å². The van der Waals surface area contributed by atoms with Crippen molar-refractivity contribution in [2.45, 2.75) is 46.2 Å². The van der Waals surface area contributed by atoms with Gasteiger partial charge in [-0.1, -0.05) is 32.0 Å². The molecule has 1 amide bonds. The highest BCUT2D eigenvalue weighted by atomic mass is 16.5. The summed E-state index contributed by atoms with van der Waals surface area (Å²) in [5.41, 5.74) is 7.08. The molecule has 1 fully saturated rings. The summed E-state index contributed by atoms with van der Waals surface area (Å²) in [4.78, 5) is 16.9. The SMILES string of the molecule is COc1ccccc1CN1CCC(CN(CC(C)C)C(=O)[C@@H](C)N)CC1. The Morgan fingerprint density at radius 1 is 1.27 bits per heavy atom. The van der Waals surface area contributed by atoms with Gasteiger partial charge in [0.2, 0.25) is 5.91 Å². The second-order valence-corrected chi connectivity index (χ2v) is 7.96. The van der Waals surface area contributed by atoms with Crippen LogP contribution in [0.25, 0.3) is 0 Å². The van der Waals surface area contributed by atoms with E-state index < -0.39 is 6.04 Å². The topological polar surface area (TPSA) is 58.8 Å². The molecule has 0 aliphatic carbocycles. The quantitative estimate of drug-likeness (QED) is 0.773. The van der Waals surface area contributed by atoms with Crippen molar-refractivity contribution < 1.29 is 9.53 Å².